The zero-order valence-electron chi connectivity index (χ0n) is 19.2. The Hall–Kier alpha value is -3.51. The third kappa shape index (κ3) is 5.34. The predicted octanol–water partition coefficient (Wildman–Crippen LogP) is 3.12. The highest BCUT2D eigenvalue weighted by atomic mass is 32.2. The molecule has 178 valence electrons. The number of allylic oxidation sites excluding steroid dienone is 1. The first-order valence-corrected chi connectivity index (χ1v) is 11.9. The number of carbonyl (C=O) groups excluding carboxylic acids is 3. The molecular weight excluding hydrogens is 476 g/mol. The van der Waals surface area contributed by atoms with Crippen molar-refractivity contribution < 1.29 is 19.1 Å². The van der Waals surface area contributed by atoms with Crippen molar-refractivity contribution in [1.29, 1.82) is 0 Å². The van der Waals surface area contributed by atoms with Crippen LogP contribution in [0.1, 0.15) is 25.6 Å². The number of thiophene rings is 1. The van der Waals surface area contributed by atoms with Gasteiger partial charge in [-0.15, -0.1) is 28.1 Å². The fraction of sp³-hybridized carbons (Fsp3) is 0.273. The van der Waals surface area contributed by atoms with Crippen molar-refractivity contribution in [3.63, 3.8) is 0 Å². The maximum atomic E-state index is 12.8. The van der Waals surface area contributed by atoms with E-state index in [9.17, 15) is 14.4 Å². The predicted molar refractivity (Wildman–Crippen MR) is 131 cm³/mol. The molecule has 10 nitrogen and oxygen atoms in total. The van der Waals surface area contributed by atoms with Crippen molar-refractivity contribution in [2.24, 2.45) is 0 Å². The zero-order valence-corrected chi connectivity index (χ0v) is 20.8. The molecule has 0 atom stereocenters. The molecular formula is C22H24N6O4S2. The van der Waals surface area contributed by atoms with E-state index in [0.717, 1.165) is 16.9 Å². The minimum Gasteiger partial charge on any atom is -0.465 e. The van der Waals surface area contributed by atoms with E-state index in [1.807, 2.05) is 10.6 Å². The number of aromatic nitrogens is 4. The van der Waals surface area contributed by atoms with Gasteiger partial charge in [0, 0.05) is 38.6 Å². The average Bonchev–Trinajstić information content (AvgIpc) is 3.37. The van der Waals surface area contributed by atoms with Crippen LogP contribution in [0.2, 0.25) is 0 Å². The molecule has 3 heterocycles. The topological polar surface area (TPSA) is 119 Å². The number of nitrogens with one attached hydrogen (secondary N) is 1. The summed E-state index contributed by atoms with van der Waals surface area (Å²) in [7, 11) is 4.49. The van der Waals surface area contributed by atoms with Crippen molar-refractivity contribution in [3.8, 4) is 11.4 Å². The summed E-state index contributed by atoms with van der Waals surface area (Å²) in [5, 5.41) is 12.0. The number of anilines is 1. The van der Waals surface area contributed by atoms with Crippen molar-refractivity contribution in [3.05, 3.63) is 53.2 Å². The minimum absolute atomic E-state index is 0.0108. The van der Waals surface area contributed by atoms with Gasteiger partial charge in [-0.3, -0.25) is 19.1 Å². The average molecular weight is 501 g/mol. The van der Waals surface area contributed by atoms with Crippen LogP contribution in [0, 0.1) is 6.92 Å². The Morgan fingerprint density at radius 2 is 2.09 bits per heavy atom. The van der Waals surface area contributed by atoms with Crippen LogP contribution in [-0.4, -0.2) is 69.4 Å². The van der Waals surface area contributed by atoms with Gasteiger partial charge in [0.25, 0.3) is 5.91 Å². The Morgan fingerprint density at radius 1 is 1.32 bits per heavy atom. The van der Waals surface area contributed by atoms with Crippen molar-refractivity contribution in [2.75, 3.05) is 32.3 Å². The summed E-state index contributed by atoms with van der Waals surface area (Å²) in [6.45, 7) is 5.89. The molecule has 0 radical (unpaired) electrons. The number of rotatable bonds is 9. The Morgan fingerprint density at radius 3 is 2.71 bits per heavy atom. The summed E-state index contributed by atoms with van der Waals surface area (Å²) in [5.41, 5.74) is 1.43. The lowest BCUT2D eigenvalue weighted by Gasteiger charge is -2.08. The monoisotopic (exact) mass is 500 g/mol. The van der Waals surface area contributed by atoms with E-state index in [0.29, 0.717) is 28.0 Å². The molecule has 0 aliphatic carbocycles. The highest BCUT2D eigenvalue weighted by Gasteiger charge is 2.27. The molecule has 1 N–H and O–H groups in total. The number of ether oxygens (including phenoxy) is 1. The van der Waals surface area contributed by atoms with Crippen LogP contribution < -0.4 is 5.32 Å². The van der Waals surface area contributed by atoms with E-state index in [-0.39, 0.29) is 28.1 Å². The van der Waals surface area contributed by atoms with E-state index in [4.69, 9.17) is 4.74 Å². The fourth-order valence-corrected chi connectivity index (χ4v) is 5.03. The Bertz CT molecular complexity index is 1220. The maximum absolute atomic E-state index is 12.8. The van der Waals surface area contributed by atoms with Gasteiger partial charge < -0.3 is 15.0 Å². The SMILES string of the molecule is C=CCn1c(SCC(=O)Nc2sc(C(=O)N(C)C)c(C)c2C(=O)OC)nnc1-c1cccnc1. The third-order valence-electron chi connectivity index (χ3n) is 4.67. The second-order valence-corrected chi connectivity index (χ2v) is 9.20. The second-order valence-electron chi connectivity index (χ2n) is 7.24. The van der Waals surface area contributed by atoms with Crippen molar-refractivity contribution in [1.82, 2.24) is 24.6 Å². The van der Waals surface area contributed by atoms with E-state index >= 15 is 0 Å². The number of nitrogens with zero attached hydrogens (tertiary/aromatic N) is 5. The zero-order chi connectivity index (χ0) is 24.8. The van der Waals surface area contributed by atoms with E-state index in [2.05, 4.69) is 27.1 Å². The van der Waals surface area contributed by atoms with Crippen LogP contribution >= 0.6 is 23.1 Å². The largest absolute Gasteiger partial charge is 0.465 e. The Balaban J connectivity index is 1.80. The summed E-state index contributed by atoms with van der Waals surface area (Å²) < 4.78 is 6.70. The van der Waals surface area contributed by atoms with Crippen LogP contribution in [-0.2, 0) is 16.1 Å². The molecule has 0 fully saturated rings. The third-order valence-corrected chi connectivity index (χ3v) is 6.83. The maximum Gasteiger partial charge on any atom is 0.341 e. The van der Waals surface area contributed by atoms with Gasteiger partial charge in [-0.2, -0.15) is 0 Å². The standard InChI is InChI=1S/C22H24N6O4S2/c1-6-10-28-18(14-8-7-9-23-11-14)25-26-22(28)33-12-15(29)24-19-16(21(31)32-5)13(2)17(34-19)20(30)27(3)4/h6-9,11H,1,10,12H2,2-5H3,(H,24,29). The van der Waals surface area contributed by atoms with E-state index < -0.39 is 5.97 Å². The summed E-state index contributed by atoms with van der Waals surface area (Å²) in [5.74, 6) is -0.623. The lowest BCUT2D eigenvalue weighted by Crippen LogP contribution is -2.21. The molecule has 0 spiro atoms. The van der Waals surface area contributed by atoms with Gasteiger partial charge in [-0.1, -0.05) is 17.8 Å². The normalized spacial score (nSPS) is 10.6. The van der Waals surface area contributed by atoms with Crippen LogP contribution in [0.4, 0.5) is 5.00 Å². The van der Waals surface area contributed by atoms with Gasteiger partial charge in [0.2, 0.25) is 5.91 Å². The quantitative estimate of drug-likeness (QED) is 0.270. The molecule has 0 saturated heterocycles. The molecule has 3 rings (SSSR count). The van der Waals surface area contributed by atoms with Crippen LogP contribution in [0.5, 0.6) is 0 Å². The molecule has 0 aliphatic rings. The van der Waals surface area contributed by atoms with Crippen LogP contribution in [0.15, 0.2) is 42.3 Å². The first-order chi connectivity index (χ1) is 16.3. The molecule has 3 aromatic rings. The van der Waals surface area contributed by atoms with Crippen molar-refractivity contribution >= 4 is 45.9 Å². The number of hydrogen-bond acceptors (Lipinski definition) is 9. The number of hydrogen-bond donors (Lipinski definition) is 1. The number of pyridine rings is 1. The molecule has 0 aromatic carbocycles. The highest BCUT2D eigenvalue weighted by molar-refractivity contribution is 7.99. The highest BCUT2D eigenvalue weighted by Crippen LogP contribution is 2.34. The van der Waals surface area contributed by atoms with Gasteiger partial charge in [-0.25, -0.2) is 4.79 Å². The number of esters is 1. The lowest BCUT2D eigenvalue weighted by molar-refractivity contribution is -0.113. The first kappa shape index (κ1) is 25.1. The molecule has 0 bridgehead atoms. The van der Waals surface area contributed by atoms with Gasteiger partial charge in [-0.05, 0) is 24.6 Å². The Labute approximate surface area is 205 Å². The molecule has 34 heavy (non-hydrogen) atoms. The molecule has 0 unspecified atom stereocenters. The molecule has 2 amide bonds. The van der Waals surface area contributed by atoms with Gasteiger partial charge in [0.05, 0.1) is 23.3 Å². The summed E-state index contributed by atoms with van der Waals surface area (Å²) in [6, 6.07) is 3.68. The molecule has 12 heteroatoms. The van der Waals surface area contributed by atoms with Gasteiger partial charge >= 0.3 is 5.97 Å². The molecule has 0 saturated carbocycles. The molecule has 0 aliphatic heterocycles. The van der Waals surface area contributed by atoms with Crippen LogP contribution in [0.25, 0.3) is 11.4 Å². The number of carbonyl (C=O) groups is 3. The summed E-state index contributed by atoms with van der Waals surface area (Å²) >= 11 is 2.24. The lowest BCUT2D eigenvalue weighted by atomic mass is 10.1. The fourth-order valence-electron chi connectivity index (χ4n) is 3.05. The molecule has 3 aromatic heterocycles. The van der Waals surface area contributed by atoms with Gasteiger partial charge in [0.15, 0.2) is 11.0 Å². The minimum atomic E-state index is -0.624. The van der Waals surface area contributed by atoms with E-state index in [1.165, 1.54) is 23.8 Å². The Kier molecular flexibility index (Phi) is 8.18. The number of amides is 2. The van der Waals surface area contributed by atoms with Gasteiger partial charge in [0.1, 0.15) is 5.00 Å². The second kappa shape index (κ2) is 11.1. The number of methoxy groups -OCH3 is 1. The summed E-state index contributed by atoms with van der Waals surface area (Å²) in [4.78, 5) is 43.5. The number of thioether (sulfide) groups is 1. The summed E-state index contributed by atoms with van der Waals surface area (Å²) in [6.07, 6.45) is 5.07. The smallest absolute Gasteiger partial charge is 0.341 e. The van der Waals surface area contributed by atoms with E-state index in [1.54, 1.807) is 45.6 Å². The van der Waals surface area contributed by atoms with Crippen LogP contribution in [0.3, 0.4) is 0 Å². The van der Waals surface area contributed by atoms with Crippen molar-refractivity contribution in [2.45, 2.75) is 18.6 Å². The first-order valence-electron chi connectivity index (χ1n) is 10.1.